The summed E-state index contributed by atoms with van der Waals surface area (Å²) in [5.41, 5.74) is 6.69. The molecule has 0 aliphatic carbocycles. The van der Waals surface area contributed by atoms with Crippen molar-refractivity contribution in [3.63, 3.8) is 0 Å². The van der Waals surface area contributed by atoms with Crippen molar-refractivity contribution in [3.05, 3.63) is 34.1 Å². The number of benzene rings is 1. The van der Waals surface area contributed by atoms with Crippen molar-refractivity contribution in [2.75, 3.05) is 14.2 Å². The fraction of sp³-hybridized carbons (Fsp3) is 0.455. The molecule has 2 N–H and O–H groups in total. The highest BCUT2D eigenvalue weighted by atomic mass is 79.9. The number of hydrogen-bond donors (Lipinski definition) is 1. The van der Waals surface area contributed by atoms with Crippen molar-refractivity contribution >= 4 is 15.9 Å². The lowest BCUT2D eigenvalue weighted by molar-refractivity contribution is -0.115. The minimum absolute atomic E-state index is 0.281. The maximum atomic E-state index is 13.0. The molecule has 0 bridgehead atoms. The zero-order chi connectivity index (χ0) is 12.1. The van der Waals surface area contributed by atoms with E-state index in [1.807, 2.05) is 0 Å². The first kappa shape index (κ1) is 13.6. The van der Waals surface area contributed by atoms with Crippen LogP contribution in [0.4, 0.5) is 4.39 Å². The SMILES string of the molecule is COC(OC)C(N)Cc1cc(F)ccc1Br. The second kappa shape index (κ2) is 6.30. The first-order chi connectivity index (χ1) is 7.58. The van der Waals surface area contributed by atoms with Crippen LogP contribution >= 0.6 is 15.9 Å². The van der Waals surface area contributed by atoms with Gasteiger partial charge in [-0.1, -0.05) is 15.9 Å². The van der Waals surface area contributed by atoms with Crippen molar-refractivity contribution in [1.29, 1.82) is 0 Å². The van der Waals surface area contributed by atoms with E-state index in [0.29, 0.717) is 6.42 Å². The standard InChI is InChI=1S/C11H15BrFNO2/c1-15-11(16-2)10(14)6-7-5-8(13)3-4-9(7)12/h3-5,10-11H,6,14H2,1-2H3. The molecule has 90 valence electrons. The molecular weight excluding hydrogens is 277 g/mol. The normalized spacial score (nSPS) is 13.1. The lowest BCUT2D eigenvalue weighted by Gasteiger charge is -2.21. The minimum atomic E-state index is -0.491. The molecule has 0 aromatic heterocycles. The third-order valence-electron chi connectivity index (χ3n) is 2.28. The van der Waals surface area contributed by atoms with Gasteiger partial charge in [-0.05, 0) is 30.2 Å². The van der Waals surface area contributed by atoms with Crippen molar-refractivity contribution in [1.82, 2.24) is 0 Å². The molecule has 0 amide bonds. The van der Waals surface area contributed by atoms with Gasteiger partial charge in [-0.15, -0.1) is 0 Å². The van der Waals surface area contributed by atoms with Crippen LogP contribution in [0, 0.1) is 5.82 Å². The topological polar surface area (TPSA) is 44.5 Å². The lowest BCUT2D eigenvalue weighted by atomic mass is 10.1. The Morgan fingerprint density at radius 1 is 1.38 bits per heavy atom. The number of methoxy groups -OCH3 is 2. The van der Waals surface area contributed by atoms with Crippen molar-refractivity contribution in [2.45, 2.75) is 18.8 Å². The molecule has 1 rings (SSSR count). The molecule has 0 aliphatic rings. The number of hydrogen-bond acceptors (Lipinski definition) is 3. The van der Waals surface area contributed by atoms with E-state index in [0.717, 1.165) is 10.0 Å². The number of halogens is 2. The number of ether oxygens (including phenoxy) is 2. The molecule has 0 aliphatic heterocycles. The summed E-state index contributed by atoms with van der Waals surface area (Å²) in [6.07, 6.45) is -0.0137. The molecule has 1 aromatic rings. The van der Waals surface area contributed by atoms with Gasteiger partial charge in [0.1, 0.15) is 5.82 Å². The highest BCUT2D eigenvalue weighted by Crippen LogP contribution is 2.20. The Balaban J connectivity index is 2.75. The molecule has 0 heterocycles. The van der Waals surface area contributed by atoms with Crippen LogP contribution in [0.15, 0.2) is 22.7 Å². The summed E-state index contributed by atoms with van der Waals surface area (Å²) in [6, 6.07) is 4.16. The van der Waals surface area contributed by atoms with E-state index in [2.05, 4.69) is 15.9 Å². The summed E-state index contributed by atoms with van der Waals surface area (Å²) < 4.78 is 24.0. The van der Waals surface area contributed by atoms with Gasteiger partial charge >= 0.3 is 0 Å². The van der Waals surface area contributed by atoms with Gasteiger partial charge in [-0.25, -0.2) is 4.39 Å². The summed E-state index contributed by atoms with van der Waals surface area (Å²) in [5, 5.41) is 0. The molecule has 3 nitrogen and oxygen atoms in total. The fourth-order valence-corrected chi connectivity index (χ4v) is 1.90. The Morgan fingerprint density at radius 2 is 2.00 bits per heavy atom. The van der Waals surface area contributed by atoms with Gasteiger partial charge in [0.25, 0.3) is 0 Å². The first-order valence-corrected chi connectivity index (χ1v) is 5.63. The van der Waals surface area contributed by atoms with E-state index in [-0.39, 0.29) is 11.9 Å². The quantitative estimate of drug-likeness (QED) is 0.845. The smallest absolute Gasteiger partial charge is 0.172 e. The molecule has 0 spiro atoms. The van der Waals surface area contributed by atoms with Crippen molar-refractivity contribution in [3.8, 4) is 0 Å². The average Bonchev–Trinajstić information content (AvgIpc) is 2.25. The molecule has 16 heavy (non-hydrogen) atoms. The van der Waals surface area contributed by atoms with Crippen LogP contribution in [0.2, 0.25) is 0 Å². The third-order valence-corrected chi connectivity index (χ3v) is 3.05. The largest absolute Gasteiger partial charge is 0.354 e. The van der Waals surface area contributed by atoms with Crippen molar-refractivity contribution in [2.24, 2.45) is 5.73 Å². The Labute approximate surface area is 103 Å². The van der Waals surface area contributed by atoms with E-state index in [1.165, 1.54) is 26.4 Å². The summed E-state index contributed by atoms with van der Waals surface area (Å²) in [7, 11) is 3.04. The van der Waals surface area contributed by atoms with E-state index in [9.17, 15) is 4.39 Å². The van der Waals surface area contributed by atoms with E-state index in [1.54, 1.807) is 6.07 Å². The molecule has 1 unspecified atom stereocenters. The maximum Gasteiger partial charge on any atom is 0.172 e. The van der Waals surface area contributed by atoms with Gasteiger partial charge in [0.2, 0.25) is 0 Å². The minimum Gasteiger partial charge on any atom is -0.354 e. The lowest BCUT2D eigenvalue weighted by Crippen LogP contribution is -2.39. The Morgan fingerprint density at radius 3 is 2.56 bits per heavy atom. The number of rotatable bonds is 5. The second-order valence-corrected chi connectivity index (χ2v) is 4.30. The monoisotopic (exact) mass is 291 g/mol. The summed E-state index contributed by atoms with van der Waals surface area (Å²) >= 11 is 3.35. The predicted molar refractivity (Wildman–Crippen MR) is 63.6 cm³/mol. The highest BCUT2D eigenvalue weighted by Gasteiger charge is 2.18. The second-order valence-electron chi connectivity index (χ2n) is 3.44. The summed E-state index contributed by atoms with van der Waals surface area (Å²) in [5.74, 6) is -0.281. The van der Waals surface area contributed by atoms with Crippen LogP contribution in [0.25, 0.3) is 0 Å². The van der Waals surface area contributed by atoms with Gasteiger partial charge in [-0.2, -0.15) is 0 Å². The predicted octanol–water partition coefficient (Wildman–Crippen LogP) is 2.08. The van der Waals surface area contributed by atoms with Crippen LogP contribution in [0.5, 0.6) is 0 Å². The maximum absolute atomic E-state index is 13.0. The Hall–Kier alpha value is -0.490. The van der Waals surface area contributed by atoms with E-state index in [4.69, 9.17) is 15.2 Å². The average molecular weight is 292 g/mol. The Bertz CT molecular complexity index is 345. The van der Waals surface area contributed by atoms with Gasteiger partial charge in [0.15, 0.2) is 6.29 Å². The molecule has 0 saturated heterocycles. The summed E-state index contributed by atoms with van der Waals surface area (Å²) in [6.45, 7) is 0. The zero-order valence-electron chi connectivity index (χ0n) is 9.24. The van der Waals surface area contributed by atoms with E-state index < -0.39 is 6.29 Å². The van der Waals surface area contributed by atoms with Gasteiger partial charge < -0.3 is 15.2 Å². The molecule has 5 heteroatoms. The molecular formula is C11H15BrFNO2. The van der Waals surface area contributed by atoms with Gasteiger partial charge in [0, 0.05) is 18.7 Å². The zero-order valence-corrected chi connectivity index (χ0v) is 10.8. The van der Waals surface area contributed by atoms with Crippen LogP contribution < -0.4 is 5.73 Å². The van der Waals surface area contributed by atoms with Crippen LogP contribution in [-0.4, -0.2) is 26.6 Å². The Kier molecular flexibility index (Phi) is 5.34. The summed E-state index contributed by atoms with van der Waals surface area (Å²) in [4.78, 5) is 0. The van der Waals surface area contributed by atoms with Crippen LogP contribution in [0.3, 0.4) is 0 Å². The molecule has 0 saturated carbocycles. The highest BCUT2D eigenvalue weighted by molar-refractivity contribution is 9.10. The van der Waals surface area contributed by atoms with Crippen LogP contribution in [0.1, 0.15) is 5.56 Å². The molecule has 0 radical (unpaired) electrons. The first-order valence-electron chi connectivity index (χ1n) is 4.83. The third kappa shape index (κ3) is 3.52. The van der Waals surface area contributed by atoms with Gasteiger partial charge in [0.05, 0.1) is 6.04 Å². The van der Waals surface area contributed by atoms with Gasteiger partial charge in [-0.3, -0.25) is 0 Å². The molecule has 0 fully saturated rings. The van der Waals surface area contributed by atoms with E-state index >= 15 is 0 Å². The molecule has 1 aromatic carbocycles. The van der Waals surface area contributed by atoms with Crippen molar-refractivity contribution < 1.29 is 13.9 Å². The number of nitrogens with two attached hydrogens (primary N) is 1. The van der Waals surface area contributed by atoms with Crippen LogP contribution in [-0.2, 0) is 15.9 Å². The molecule has 1 atom stereocenters. The fourth-order valence-electron chi connectivity index (χ4n) is 1.50.